The highest BCUT2D eigenvalue weighted by molar-refractivity contribution is 6.00. The third-order valence-corrected chi connectivity index (χ3v) is 7.36. The van der Waals surface area contributed by atoms with E-state index in [0.717, 1.165) is 49.7 Å². The molecular weight excluding hydrogens is 384 g/mol. The zero-order valence-electron chi connectivity index (χ0n) is 19.2. The van der Waals surface area contributed by atoms with E-state index in [1.54, 1.807) is 7.11 Å². The molecule has 166 valence electrons. The van der Waals surface area contributed by atoms with E-state index >= 15 is 0 Å². The molecule has 1 aliphatic carbocycles. The second-order valence-corrected chi connectivity index (χ2v) is 9.64. The third-order valence-electron chi connectivity index (χ3n) is 7.36. The van der Waals surface area contributed by atoms with Gasteiger partial charge in [-0.3, -0.25) is 4.79 Å². The first-order valence-corrected chi connectivity index (χ1v) is 11.9. The first kappa shape index (κ1) is 22.1. The Morgan fingerprint density at radius 3 is 2.55 bits per heavy atom. The molecule has 1 spiro atoms. The number of Topliss-reactive ketones (excluding diaryl/α,β-unsaturated/α-hetero) is 1. The predicted octanol–water partition coefficient (Wildman–Crippen LogP) is 7.08. The van der Waals surface area contributed by atoms with Crippen LogP contribution in [0.4, 0.5) is 0 Å². The summed E-state index contributed by atoms with van der Waals surface area (Å²) in [6.45, 7) is 4.31. The van der Waals surface area contributed by atoms with Gasteiger partial charge in [-0.05, 0) is 74.6 Å². The van der Waals surface area contributed by atoms with Gasteiger partial charge < -0.3 is 9.47 Å². The van der Waals surface area contributed by atoms with Crippen LogP contribution in [-0.4, -0.2) is 18.5 Å². The summed E-state index contributed by atoms with van der Waals surface area (Å²) in [5.74, 6) is 1.69. The van der Waals surface area contributed by atoms with Crippen LogP contribution in [0.2, 0.25) is 0 Å². The highest BCUT2D eigenvalue weighted by Crippen LogP contribution is 2.49. The number of carbonyl (C=O) groups is 1. The molecule has 1 saturated carbocycles. The molecule has 2 aromatic rings. The monoisotopic (exact) mass is 420 g/mol. The average Bonchev–Trinajstić information content (AvgIpc) is 2.79. The third kappa shape index (κ3) is 4.87. The minimum Gasteiger partial charge on any atom is -0.496 e. The molecule has 0 amide bonds. The molecule has 1 aliphatic heterocycles. The Morgan fingerprint density at radius 1 is 1.13 bits per heavy atom. The van der Waals surface area contributed by atoms with Crippen LogP contribution in [-0.2, 0) is 4.74 Å². The number of aryl methyl sites for hydroxylation is 1. The van der Waals surface area contributed by atoms with Crippen LogP contribution in [0.15, 0.2) is 48.5 Å². The standard InChI is InChI=1S/C28H36O3/c1-4-8-21-18-25(22-9-6-5-7-10-22)31-28(19-21)15-13-23(14-16-28)27(29)24-12-11-20(2)17-26(24)30-3/h5-7,9-12,17,21,23,25H,4,8,13-16,18-19H2,1-3H3. The normalized spacial score (nSPS) is 28.4. The van der Waals surface area contributed by atoms with Crippen molar-refractivity contribution >= 4 is 5.78 Å². The summed E-state index contributed by atoms with van der Waals surface area (Å²) in [7, 11) is 1.65. The number of benzene rings is 2. The fourth-order valence-corrected chi connectivity index (χ4v) is 5.76. The van der Waals surface area contributed by atoms with Gasteiger partial charge in [0.2, 0.25) is 0 Å². The van der Waals surface area contributed by atoms with Crippen molar-refractivity contribution in [1.82, 2.24) is 0 Å². The SMILES string of the molecule is CCCC1CC(c2ccccc2)OC2(CCC(C(=O)c3ccc(C)cc3OC)CC2)C1. The minimum absolute atomic E-state index is 0.0626. The fourth-order valence-electron chi connectivity index (χ4n) is 5.76. The van der Waals surface area contributed by atoms with Crippen molar-refractivity contribution in [2.24, 2.45) is 11.8 Å². The van der Waals surface area contributed by atoms with Gasteiger partial charge >= 0.3 is 0 Å². The van der Waals surface area contributed by atoms with E-state index in [1.165, 1.54) is 18.4 Å². The molecule has 0 N–H and O–H groups in total. The lowest BCUT2D eigenvalue weighted by molar-refractivity contribution is -0.168. The number of carbonyl (C=O) groups excluding carboxylic acids is 1. The first-order valence-electron chi connectivity index (χ1n) is 11.9. The fraction of sp³-hybridized carbons (Fsp3) is 0.536. The molecule has 4 rings (SSSR count). The Bertz CT molecular complexity index is 880. The van der Waals surface area contributed by atoms with Crippen molar-refractivity contribution in [1.29, 1.82) is 0 Å². The molecule has 31 heavy (non-hydrogen) atoms. The van der Waals surface area contributed by atoms with Gasteiger partial charge in [-0.2, -0.15) is 0 Å². The van der Waals surface area contributed by atoms with Crippen molar-refractivity contribution in [2.45, 2.75) is 76.9 Å². The maximum Gasteiger partial charge on any atom is 0.169 e. The van der Waals surface area contributed by atoms with Crippen LogP contribution >= 0.6 is 0 Å². The van der Waals surface area contributed by atoms with Crippen molar-refractivity contribution < 1.29 is 14.3 Å². The number of ketones is 1. The highest BCUT2D eigenvalue weighted by Gasteiger charge is 2.45. The molecule has 3 nitrogen and oxygen atoms in total. The van der Waals surface area contributed by atoms with Crippen LogP contribution in [0.5, 0.6) is 5.75 Å². The summed E-state index contributed by atoms with van der Waals surface area (Å²) in [6, 6.07) is 16.6. The molecule has 1 heterocycles. The lowest BCUT2D eigenvalue weighted by atomic mass is 9.69. The van der Waals surface area contributed by atoms with Crippen molar-refractivity contribution in [3.63, 3.8) is 0 Å². The van der Waals surface area contributed by atoms with E-state index < -0.39 is 0 Å². The molecule has 0 radical (unpaired) electrons. The minimum atomic E-state index is -0.0766. The first-order chi connectivity index (χ1) is 15.0. The Balaban J connectivity index is 1.48. The summed E-state index contributed by atoms with van der Waals surface area (Å²) < 4.78 is 12.3. The molecule has 2 fully saturated rings. The lowest BCUT2D eigenvalue weighted by Gasteiger charge is -2.48. The summed E-state index contributed by atoms with van der Waals surface area (Å²) in [5.41, 5.74) is 3.06. The van der Waals surface area contributed by atoms with Crippen LogP contribution in [0.1, 0.15) is 85.9 Å². The van der Waals surface area contributed by atoms with E-state index in [0.29, 0.717) is 11.7 Å². The van der Waals surface area contributed by atoms with Gasteiger partial charge in [-0.25, -0.2) is 0 Å². The van der Waals surface area contributed by atoms with Gasteiger partial charge in [0.1, 0.15) is 5.75 Å². The second-order valence-electron chi connectivity index (χ2n) is 9.64. The van der Waals surface area contributed by atoms with Crippen molar-refractivity contribution in [3.8, 4) is 5.75 Å². The van der Waals surface area contributed by atoms with E-state index in [9.17, 15) is 4.79 Å². The summed E-state index contributed by atoms with van der Waals surface area (Å²) in [4.78, 5) is 13.3. The molecule has 3 heteroatoms. The van der Waals surface area contributed by atoms with Gasteiger partial charge in [0.15, 0.2) is 5.78 Å². The summed E-state index contributed by atoms with van der Waals surface area (Å²) >= 11 is 0. The van der Waals surface area contributed by atoms with E-state index in [2.05, 4.69) is 37.3 Å². The quantitative estimate of drug-likeness (QED) is 0.468. The number of hydrogen-bond donors (Lipinski definition) is 0. The van der Waals surface area contributed by atoms with Crippen LogP contribution < -0.4 is 4.74 Å². The number of methoxy groups -OCH3 is 1. The van der Waals surface area contributed by atoms with Gasteiger partial charge in [-0.1, -0.05) is 56.2 Å². The van der Waals surface area contributed by atoms with E-state index in [1.807, 2.05) is 25.1 Å². The second kappa shape index (κ2) is 9.56. The number of ether oxygens (including phenoxy) is 2. The van der Waals surface area contributed by atoms with E-state index in [-0.39, 0.29) is 23.4 Å². The zero-order chi connectivity index (χ0) is 21.8. The predicted molar refractivity (Wildman–Crippen MR) is 125 cm³/mol. The average molecular weight is 421 g/mol. The van der Waals surface area contributed by atoms with Gasteiger partial charge in [0.05, 0.1) is 24.4 Å². The van der Waals surface area contributed by atoms with Gasteiger partial charge in [0, 0.05) is 5.92 Å². The van der Waals surface area contributed by atoms with Crippen LogP contribution in [0.3, 0.4) is 0 Å². The maximum atomic E-state index is 13.3. The molecule has 2 unspecified atom stereocenters. The molecule has 2 aliphatic rings. The van der Waals surface area contributed by atoms with E-state index in [4.69, 9.17) is 9.47 Å². The van der Waals surface area contributed by atoms with Crippen molar-refractivity contribution in [2.75, 3.05) is 7.11 Å². The van der Waals surface area contributed by atoms with Crippen LogP contribution in [0, 0.1) is 18.8 Å². The molecule has 1 saturated heterocycles. The molecule has 2 atom stereocenters. The molecular formula is C28H36O3. The number of hydrogen-bond acceptors (Lipinski definition) is 3. The smallest absolute Gasteiger partial charge is 0.169 e. The lowest BCUT2D eigenvalue weighted by Crippen LogP contribution is -2.44. The largest absolute Gasteiger partial charge is 0.496 e. The molecule has 0 aromatic heterocycles. The maximum absolute atomic E-state index is 13.3. The van der Waals surface area contributed by atoms with Crippen molar-refractivity contribution in [3.05, 3.63) is 65.2 Å². The zero-order valence-corrected chi connectivity index (χ0v) is 19.2. The van der Waals surface area contributed by atoms with Crippen LogP contribution in [0.25, 0.3) is 0 Å². The highest BCUT2D eigenvalue weighted by atomic mass is 16.5. The number of rotatable bonds is 6. The Morgan fingerprint density at radius 2 is 1.87 bits per heavy atom. The summed E-state index contributed by atoms with van der Waals surface area (Å²) in [6.07, 6.45) is 8.65. The van der Waals surface area contributed by atoms with Gasteiger partial charge in [0.25, 0.3) is 0 Å². The Labute approximate surface area is 187 Å². The Kier molecular flexibility index (Phi) is 6.81. The molecule has 0 bridgehead atoms. The Hall–Kier alpha value is -2.13. The van der Waals surface area contributed by atoms with Gasteiger partial charge in [-0.15, -0.1) is 0 Å². The molecule has 2 aromatic carbocycles. The topological polar surface area (TPSA) is 35.5 Å². The summed E-state index contributed by atoms with van der Waals surface area (Å²) in [5, 5.41) is 0.